The molecule has 1 aliphatic heterocycles. The Bertz CT molecular complexity index is 726. The monoisotopic (exact) mass is 340 g/mol. The molecule has 0 aliphatic carbocycles. The van der Waals surface area contributed by atoms with Gasteiger partial charge in [0.2, 0.25) is 0 Å². The smallest absolute Gasteiger partial charge is 0.319 e. The lowest BCUT2D eigenvalue weighted by atomic mass is 10.1. The van der Waals surface area contributed by atoms with Crippen LogP contribution >= 0.6 is 0 Å². The van der Waals surface area contributed by atoms with Crippen molar-refractivity contribution in [2.24, 2.45) is 0 Å². The summed E-state index contributed by atoms with van der Waals surface area (Å²) in [4.78, 5) is 12.3. The lowest BCUT2D eigenvalue weighted by molar-refractivity contribution is 0.0868. The summed E-state index contributed by atoms with van der Waals surface area (Å²) in [5, 5.41) is 5.81. The number of ether oxygens (including phenoxy) is 2. The van der Waals surface area contributed by atoms with Crippen molar-refractivity contribution in [2.45, 2.75) is 38.8 Å². The maximum atomic E-state index is 12.3. The van der Waals surface area contributed by atoms with Crippen molar-refractivity contribution < 1.29 is 14.3 Å². The van der Waals surface area contributed by atoms with E-state index in [0.29, 0.717) is 11.4 Å². The Hall–Kier alpha value is -2.53. The number of carbonyl (C=O) groups excluding carboxylic acids is 1. The van der Waals surface area contributed by atoms with Crippen molar-refractivity contribution >= 4 is 11.7 Å². The van der Waals surface area contributed by atoms with Crippen molar-refractivity contribution in [1.82, 2.24) is 5.32 Å². The van der Waals surface area contributed by atoms with E-state index in [9.17, 15) is 4.79 Å². The molecular weight excluding hydrogens is 316 g/mol. The van der Waals surface area contributed by atoms with Gasteiger partial charge in [0.1, 0.15) is 5.75 Å². The van der Waals surface area contributed by atoms with Gasteiger partial charge in [-0.2, -0.15) is 0 Å². The number of nitrogens with one attached hydrogen (secondary N) is 2. The lowest BCUT2D eigenvalue weighted by Gasteiger charge is -2.20. The standard InChI is InChI=1S/C20H24N2O3/c1-14-7-5-8-16(13-14)25-19-10-4-3-9-17(19)22-20(23)21-15(2)18-11-6-12-24-18/h3-5,7-10,13,15,18H,6,11-12H2,1-2H3,(H2,21,22,23). The van der Waals surface area contributed by atoms with Crippen LogP contribution in [0.5, 0.6) is 11.5 Å². The number of aryl methyl sites for hydroxylation is 1. The van der Waals surface area contributed by atoms with E-state index in [4.69, 9.17) is 9.47 Å². The molecule has 2 aromatic carbocycles. The van der Waals surface area contributed by atoms with Gasteiger partial charge >= 0.3 is 6.03 Å². The summed E-state index contributed by atoms with van der Waals surface area (Å²) in [5.74, 6) is 1.34. The first kappa shape index (κ1) is 17.3. The maximum absolute atomic E-state index is 12.3. The van der Waals surface area contributed by atoms with Gasteiger partial charge in [-0.3, -0.25) is 0 Å². The Morgan fingerprint density at radius 3 is 2.84 bits per heavy atom. The van der Waals surface area contributed by atoms with Gasteiger partial charge in [0.15, 0.2) is 5.75 Å². The molecule has 5 nitrogen and oxygen atoms in total. The highest BCUT2D eigenvalue weighted by atomic mass is 16.5. The van der Waals surface area contributed by atoms with Crippen LogP contribution in [0.1, 0.15) is 25.3 Å². The van der Waals surface area contributed by atoms with E-state index in [-0.39, 0.29) is 18.2 Å². The van der Waals surface area contributed by atoms with Crippen molar-refractivity contribution in [3.05, 3.63) is 54.1 Å². The molecule has 2 unspecified atom stereocenters. The fourth-order valence-corrected chi connectivity index (χ4v) is 2.92. The summed E-state index contributed by atoms with van der Waals surface area (Å²) in [5.41, 5.74) is 1.74. The summed E-state index contributed by atoms with van der Waals surface area (Å²) in [6.07, 6.45) is 2.12. The number of hydrogen-bond donors (Lipinski definition) is 2. The van der Waals surface area contributed by atoms with Gasteiger partial charge in [-0.05, 0) is 56.5 Å². The van der Waals surface area contributed by atoms with E-state index in [1.807, 2.05) is 62.4 Å². The lowest BCUT2D eigenvalue weighted by Crippen LogP contribution is -2.43. The molecule has 2 aromatic rings. The second-order valence-electron chi connectivity index (χ2n) is 6.35. The van der Waals surface area contributed by atoms with E-state index in [0.717, 1.165) is 30.8 Å². The molecule has 2 amide bonds. The number of amides is 2. The summed E-state index contributed by atoms with van der Waals surface area (Å²) in [6, 6.07) is 14.9. The molecule has 2 N–H and O–H groups in total. The van der Waals surface area contributed by atoms with Crippen LogP contribution in [-0.4, -0.2) is 24.8 Å². The van der Waals surface area contributed by atoms with E-state index in [1.165, 1.54) is 0 Å². The maximum Gasteiger partial charge on any atom is 0.319 e. The summed E-state index contributed by atoms with van der Waals surface area (Å²) >= 11 is 0. The van der Waals surface area contributed by atoms with Crippen LogP contribution in [0.4, 0.5) is 10.5 Å². The molecule has 2 atom stereocenters. The van der Waals surface area contributed by atoms with Gasteiger partial charge in [0.05, 0.1) is 17.8 Å². The number of hydrogen-bond acceptors (Lipinski definition) is 3. The molecule has 0 bridgehead atoms. The number of carbonyl (C=O) groups is 1. The van der Waals surface area contributed by atoms with Gasteiger partial charge in [-0.1, -0.05) is 24.3 Å². The zero-order chi connectivity index (χ0) is 17.6. The number of rotatable bonds is 5. The Morgan fingerprint density at radius 1 is 1.24 bits per heavy atom. The predicted molar refractivity (Wildman–Crippen MR) is 98.3 cm³/mol. The van der Waals surface area contributed by atoms with Crippen LogP contribution < -0.4 is 15.4 Å². The van der Waals surface area contributed by atoms with E-state index in [1.54, 1.807) is 0 Å². The molecule has 5 heteroatoms. The highest BCUT2D eigenvalue weighted by Gasteiger charge is 2.23. The highest BCUT2D eigenvalue weighted by Crippen LogP contribution is 2.29. The van der Waals surface area contributed by atoms with Gasteiger partial charge < -0.3 is 20.1 Å². The van der Waals surface area contributed by atoms with Crippen LogP contribution in [0, 0.1) is 6.92 Å². The predicted octanol–water partition coefficient (Wildman–Crippen LogP) is 4.48. The van der Waals surface area contributed by atoms with E-state index >= 15 is 0 Å². The average Bonchev–Trinajstić information content (AvgIpc) is 3.11. The number of para-hydroxylation sites is 2. The topological polar surface area (TPSA) is 59.6 Å². The Morgan fingerprint density at radius 2 is 2.08 bits per heavy atom. The van der Waals surface area contributed by atoms with Crippen LogP contribution in [0.15, 0.2) is 48.5 Å². The minimum Gasteiger partial charge on any atom is -0.455 e. The molecule has 0 spiro atoms. The van der Waals surface area contributed by atoms with Crippen LogP contribution in [0.25, 0.3) is 0 Å². The molecule has 25 heavy (non-hydrogen) atoms. The van der Waals surface area contributed by atoms with Crippen LogP contribution in [0.2, 0.25) is 0 Å². The molecule has 3 rings (SSSR count). The quantitative estimate of drug-likeness (QED) is 0.844. The third-order valence-electron chi connectivity index (χ3n) is 4.23. The Balaban J connectivity index is 1.65. The summed E-state index contributed by atoms with van der Waals surface area (Å²) in [7, 11) is 0. The molecule has 1 aliphatic rings. The van der Waals surface area contributed by atoms with Gasteiger partial charge in [-0.25, -0.2) is 4.79 Å². The Labute approximate surface area is 148 Å². The molecule has 1 heterocycles. The van der Waals surface area contributed by atoms with Gasteiger partial charge in [0.25, 0.3) is 0 Å². The van der Waals surface area contributed by atoms with Crippen molar-refractivity contribution in [3.63, 3.8) is 0 Å². The molecule has 132 valence electrons. The third-order valence-corrected chi connectivity index (χ3v) is 4.23. The highest BCUT2D eigenvalue weighted by molar-refractivity contribution is 5.91. The number of benzene rings is 2. The van der Waals surface area contributed by atoms with Crippen LogP contribution in [-0.2, 0) is 4.74 Å². The second kappa shape index (κ2) is 8.03. The van der Waals surface area contributed by atoms with Crippen molar-refractivity contribution in [2.75, 3.05) is 11.9 Å². The minimum atomic E-state index is -0.261. The van der Waals surface area contributed by atoms with Crippen LogP contribution in [0.3, 0.4) is 0 Å². The zero-order valence-electron chi connectivity index (χ0n) is 14.6. The zero-order valence-corrected chi connectivity index (χ0v) is 14.6. The largest absolute Gasteiger partial charge is 0.455 e. The second-order valence-corrected chi connectivity index (χ2v) is 6.35. The summed E-state index contributed by atoms with van der Waals surface area (Å²) < 4.78 is 11.5. The van der Waals surface area contributed by atoms with Gasteiger partial charge in [0, 0.05) is 6.61 Å². The molecular formula is C20H24N2O3. The number of anilines is 1. The average molecular weight is 340 g/mol. The molecule has 0 aromatic heterocycles. The van der Waals surface area contributed by atoms with E-state index in [2.05, 4.69) is 10.6 Å². The summed E-state index contributed by atoms with van der Waals surface area (Å²) in [6.45, 7) is 4.74. The van der Waals surface area contributed by atoms with Crippen molar-refractivity contribution in [1.29, 1.82) is 0 Å². The molecule has 1 saturated heterocycles. The first-order valence-electron chi connectivity index (χ1n) is 8.64. The first-order valence-corrected chi connectivity index (χ1v) is 8.64. The molecule has 1 fully saturated rings. The first-order chi connectivity index (χ1) is 12.1. The minimum absolute atomic E-state index is 0.0349. The SMILES string of the molecule is Cc1cccc(Oc2ccccc2NC(=O)NC(C)C2CCCO2)c1. The fourth-order valence-electron chi connectivity index (χ4n) is 2.92. The number of urea groups is 1. The van der Waals surface area contributed by atoms with Crippen molar-refractivity contribution in [3.8, 4) is 11.5 Å². The Kier molecular flexibility index (Phi) is 5.56. The third kappa shape index (κ3) is 4.73. The normalized spacial score (nSPS) is 17.8. The van der Waals surface area contributed by atoms with Gasteiger partial charge in [-0.15, -0.1) is 0 Å². The fraction of sp³-hybridized carbons (Fsp3) is 0.350. The molecule has 0 saturated carbocycles. The van der Waals surface area contributed by atoms with E-state index < -0.39 is 0 Å². The molecule has 0 radical (unpaired) electrons.